The first-order chi connectivity index (χ1) is 19.6. The van der Waals surface area contributed by atoms with Crippen LogP contribution in [0.3, 0.4) is 0 Å². The van der Waals surface area contributed by atoms with Crippen molar-refractivity contribution in [3.8, 4) is 0 Å². The van der Waals surface area contributed by atoms with Crippen LogP contribution in [0.15, 0.2) is 24.3 Å². The molecule has 0 spiro atoms. The van der Waals surface area contributed by atoms with Gasteiger partial charge in [0.25, 0.3) is 0 Å². The lowest BCUT2D eigenvalue weighted by molar-refractivity contribution is -0.0206. The first-order valence-electron chi connectivity index (χ1n) is 18.3. The maximum atomic E-state index is 10.3. The van der Waals surface area contributed by atoms with Crippen LogP contribution in [0.4, 0.5) is 0 Å². The lowest BCUT2D eigenvalue weighted by Gasteiger charge is -2.45. The Hall–Kier alpha value is -0.600. The molecular formula is C40H74O2. The zero-order valence-electron chi connectivity index (χ0n) is 29.9. The highest BCUT2D eigenvalue weighted by Gasteiger charge is 2.40. The van der Waals surface area contributed by atoms with Crippen LogP contribution in [0, 0.1) is 58.2 Å². The van der Waals surface area contributed by atoms with E-state index >= 15 is 0 Å². The Bertz CT molecular complexity index is 793. The van der Waals surface area contributed by atoms with E-state index < -0.39 is 0 Å². The van der Waals surface area contributed by atoms with Gasteiger partial charge >= 0.3 is 0 Å². The van der Waals surface area contributed by atoms with Crippen molar-refractivity contribution in [1.82, 2.24) is 0 Å². The van der Waals surface area contributed by atoms with Crippen LogP contribution >= 0.6 is 0 Å². The predicted molar refractivity (Wildman–Crippen MR) is 184 cm³/mol. The van der Waals surface area contributed by atoms with Gasteiger partial charge in [0.1, 0.15) is 0 Å². The van der Waals surface area contributed by atoms with Gasteiger partial charge in [-0.25, -0.2) is 0 Å². The molecule has 0 aromatic carbocycles. The van der Waals surface area contributed by atoms with Crippen LogP contribution in [0.25, 0.3) is 0 Å². The minimum atomic E-state index is -0.109. The predicted octanol–water partition coefficient (Wildman–Crippen LogP) is 11.4. The van der Waals surface area contributed by atoms with Crippen LogP contribution in [-0.4, -0.2) is 22.4 Å². The topological polar surface area (TPSA) is 40.5 Å². The van der Waals surface area contributed by atoms with E-state index in [-0.39, 0.29) is 23.0 Å². The molecule has 2 saturated carbocycles. The van der Waals surface area contributed by atoms with Crippen LogP contribution in [-0.2, 0) is 0 Å². The molecule has 2 N–H and O–H groups in total. The molecule has 2 fully saturated rings. The molecule has 2 rings (SSSR count). The summed E-state index contributed by atoms with van der Waals surface area (Å²) in [5.41, 5.74) is 0.545. The highest BCUT2D eigenvalue weighted by Crippen LogP contribution is 2.47. The SMILES string of the molecule is C[C@H](C/C=C/[C@@H](C)CCCC[C@H](C)/C=C/C[C@@H](C)CC[C@@H]1[C@H](C)C[C@H](O)CC1(C)C)CC[C@@H]1C[C@H](C)[C@H](O)CC1(C)C. The lowest BCUT2D eigenvalue weighted by Crippen LogP contribution is -2.40. The molecule has 246 valence electrons. The molecule has 0 aliphatic heterocycles. The highest BCUT2D eigenvalue weighted by atomic mass is 16.3. The Morgan fingerprint density at radius 1 is 0.667 bits per heavy atom. The summed E-state index contributed by atoms with van der Waals surface area (Å²) in [6.07, 6.45) is 26.7. The van der Waals surface area contributed by atoms with Gasteiger partial charge in [-0.05, 0) is 122 Å². The molecule has 0 bridgehead atoms. The normalized spacial score (nSPS) is 32.7. The van der Waals surface area contributed by atoms with Crippen molar-refractivity contribution >= 4 is 0 Å². The van der Waals surface area contributed by atoms with Gasteiger partial charge in [-0.15, -0.1) is 0 Å². The summed E-state index contributed by atoms with van der Waals surface area (Å²) in [6, 6.07) is 0. The number of aliphatic hydroxyl groups is 2. The average Bonchev–Trinajstić information content (AvgIpc) is 2.86. The number of aliphatic hydroxyl groups excluding tert-OH is 2. The van der Waals surface area contributed by atoms with Crippen molar-refractivity contribution in [1.29, 1.82) is 0 Å². The van der Waals surface area contributed by atoms with Crippen LogP contribution in [0.5, 0.6) is 0 Å². The fraction of sp³-hybridized carbons (Fsp3) is 0.900. The van der Waals surface area contributed by atoms with Gasteiger partial charge in [0.2, 0.25) is 0 Å². The van der Waals surface area contributed by atoms with Crippen molar-refractivity contribution in [2.45, 2.75) is 171 Å². The Morgan fingerprint density at radius 2 is 1.19 bits per heavy atom. The van der Waals surface area contributed by atoms with E-state index in [9.17, 15) is 10.2 Å². The summed E-state index contributed by atoms with van der Waals surface area (Å²) in [6.45, 7) is 23.7. The summed E-state index contributed by atoms with van der Waals surface area (Å²) < 4.78 is 0. The maximum absolute atomic E-state index is 10.3. The third-order valence-corrected chi connectivity index (χ3v) is 11.8. The van der Waals surface area contributed by atoms with E-state index in [4.69, 9.17) is 0 Å². The summed E-state index contributed by atoms with van der Waals surface area (Å²) in [4.78, 5) is 0. The van der Waals surface area contributed by atoms with Crippen molar-refractivity contribution < 1.29 is 10.2 Å². The van der Waals surface area contributed by atoms with E-state index in [0.29, 0.717) is 23.7 Å². The second kappa shape index (κ2) is 17.8. The quantitative estimate of drug-likeness (QED) is 0.131. The highest BCUT2D eigenvalue weighted by molar-refractivity contribution is 4.93. The third kappa shape index (κ3) is 13.2. The van der Waals surface area contributed by atoms with E-state index in [2.05, 4.69) is 93.5 Å². The molecule has 0 heterocycles. The second-order valence-electron chi connectivity index (χ2n) is 17.3. The fourth-order valence-electron chi connectivity index (χ4n) is 8.62. The average molecular weight is 587 g/mol. The van der Waals surface area contributed by atoms with Gasteiger partial charge < -0.3 is 10.2 Å². The molecule has 2 heteroatoms. The first-order valence-corrected chi connectivity index (χ1v) is 18.3. The van der Waals surface area contributed by atoms with Gasteiger partial charge in [0.15, 0.2) is 0 Å². The summed E-state index contributed by atoms with van der Waals surface area (Å²) in [5.74, 6) is 5.45. The molecule has 0 aromatic heterocycles. The Morgan fingerprint density at radius 3 is 1.71 bits per heavy atom. The van der Waals surface area contributed by atoms with Crippen LogP contribution in [0.2, 0.25) is 0 Å². The molecular weight excluding hydrogens is 512 g/mol. The van der Waals surface area contributed by atoms with E-state index in [1.54, 1.807) is 0 Å². The van der Waals surface area contributed by atoms with E-state index in [1.807, 2.05) is 0 Å². The van der Waals surface area contributed by atoms with Gasteiger partial charge in [-0.2, -0.15) is 0 Å². The van der Waals surface area contributed by atoms with Crippen molar-refractivity contribution in [2.24, 2.45) is 58.2 Å². The summed E-state index contributed by atoms with van der Waals surface area (Å²) in [7, 11) is 0. The number of hydrogen-bond acceptors (Lipinski definition) is 2. The van der Waals surface area contributed by atoms with Gasteiger partial charge in [0, 0.05) is 0 Å². The number of rotatable bonds is 17. The fourth-order valence-corrected chi connectivity index (χ4v) is 8.62. The largest absolute Gasteiger partial charge is 0.393 e. The molecule has 0 radical (unpaired) electrons. The number of allylic oxidation sites excluding steroid dienone is 4. The molecule has 2 nitrogen and oxygen atoms in total. The van der Waals surface area contributed by atoms with E-state index in [1.165, 1.54) is 70.6 Å². The Balaban J connectivity index is 1.55. The molecule has 0 aromatic rings. The minimum absolute atomic E-state index is 0.0993. The molecule has 2 aliphatic carbocycles. The number of unbranched alkanes of at least 4 members (excludes halogenated alkanes) is 1. The van der Waals surface area contributed by atoms with Crippen molar-refractivity contribution in [3.63, 3.8) is 0 Å². The maximum Gasteiger partial charge on any atom is 0.0571 e. The molecule has 10 atom stereocenters. The van der Waals surface area contributed by atoms with Gasteiger partial charge in [0.05, 0.1) is 12.2 Å². The van der Waals surface area contributed by atoms with E-state index in [0.717, 1.165) is 42.9 Å². The second-order valence-corrected chi connectivity index (χ2v) is 17.3. The zero-order chi connectivity index (χ0) is 31.5. The minimum Gasteiger partial charge on any atom is -0.393 e. The molecule has 0 unspecified atom stereocenters. The standard InChI is InChI=1S/C40H74O2/c1-29(17-13-19-31(3)21-23-35-25-34(6)38(42)28-39(35,7)8)15-11-12-16-30(2)18-14-20-32(4)22-24-37-33(5)26-36(41)27-40(37,9)10/h13-14,17-18,29-38,41-42H,11-12,15-16,19-28H2,1-10H3/b17-13+,18-14+/t29-,30-,31+,32+,33+,34-,35+,36-,37+,38+/m0/s1. The third-order valence-electron chi connectivity index (χ3n) is 11.8. The van der Waals surface area contributed by atoms with Gasteiger partial charge in [-0.1, -0.05) is 119 Å². The Kier molecular flexibility index (Phi) is 15.9. The summed E-state index contributed by atoms with van der Waals surface area (Å²) >= 11 is 0. The van der Waals surface area contributed by atoms with Gasteiger partial charge in [-0.3, -0.25) is 0 Å². The van der Waals surface area contributed by atoms with Crippen molar-refractivity contribution in [3.05, 3.63) is 24.3 Å². The molecule has 0 amide bonds. The first kappa shape index (κ1) is 37.6. The monoisotopic (exact) mass is 587 g/mol. The molecule has 2 aliphatic rings. The van der Waals surface area contributed by atoms with Crippen LogP contribution in [0.1, 0.15) is 159 Å². The van der Waals surface area contributed by atoms with Crippen LogP contribution < -0.4 is 0 Å². The zero-order valence-corrected chi connectivity index (χ0v) is 29.9. The number of hydrogen-bond donors (Lipinski definition) is 2. The summed E-state index contributed by atoms with van der Waals surface area (Å²) in [5, 5.41) is 20.5. The molecule has 42 heavy (non-hydrogen) atoms. The smallest absolute Gasteiger partial charge is 0.0571 e. The molecule has 0 saturated heterocycles. The lowest BCUT2D eigenvalue weighted by atomic mass is 9.61. The van der Waals surface area contributed by atoms with Crippen molar-refractivity contribution in [2.75, 3.05) is 0 Å². The Labute approximate surface area is 263 Å².